The van der Waals surface area contributed by atoms with Gasteiger partial charge in [-0.2, -0.15) is 15.0 Å². The van der Waals surface area contributed by atoms with Gasteiger partial charge < -0.3 is 16.2 Å². The zero-order chi connectivity index (χ0) is 19.0. The smallest absolute Gasteiger partial charge is 0.333 e. The molecule has 13 heteroatoms. The van der Waals surface area contributed by atoms with Crippen LogP contribution in [0.15, 0.2) is 26.5 Å². The topological polar surface area (TPSA) is 216 Å². The van der Waals surface area contributed by atoms with E-state index in [0.717, 1.165) is 0 Å². The van der Waals surface area contributed by atoms with E-state index in [9.17, 15) is 19.2 Å². The van der Waals surface area contributed by atoms with Gasteiger partial charge in [-0.05, 0) is 6.92 Å². The number of hydrogen-bond acceptors (Lipinski definition) is 10. The number of rotatable bonds is 4. The van der Waals surface area contributed by atoms with Gasteiger partial charge in [0, 0.05) is 12.0 Å². The van der Waals surface area contributed by atoms with E-state index >= 15 is 0 Å². The van der Waals surface area contributed by atoms with Crippen molar-refractivity contribution in [2.45, 2.75) is 13.3 Å². The molecule has 7 N–H and O–H groups in total. The van der Waals surface area contributed by atoms with Gasteiger partial charge in [-0.1, -0.05) is 6.58 Å². The van der Waals surface area contributed by atoms with Crippen LogP contribution in [-0.2, 0) is 16.0 Å². The maximum Gasteiger partial charge on any atom is 0.333 e. The van der Waals surface area contributed by atoms with Crippen LogP contribution in [0.3, 0.4) is 0 Å². The molecule has 2 aromatic heterocycles. The summed E-state index contributed by atoms with van der Waals surface area (Å²) >= 11 is 0. The molecule has 0 saturated heterocycles. The van der Waals surface area contributed by atoms with E-state index in [-0.39, 0.29) is 18.5 Å². The number of H-pyrrole nitrogens is 3. The van der Waals surface area contributed by atoms with E-state index in [2.05, 4.69) is 21.5 Å². The first-order chi connectivity index (χ1) is 11.7. The fourth-order valence-corrected chi connectivity index (χ4v) is 1.33. The molecule has 0 spiro atoms. The van der Waals surface area contributed by atoms with E-state index in [1.54, 1.807) is 21.9 Å². The summed E-state index contributed by atoms with van der Waals surface area (Å²) in [5.74, 6) is 0.0389. The molecule has 13 nitrogen and oxygen atoms in total. The van der Waals surface area contributed by atoms with Gasteiger partial charge in [-0.25, -0.2) is 19.2 Å². The molecule has 2 rings (SSSR count). The van der Waals surface area contributed by atoms with E-state index in [1.807, 2.05) is 0 Å². The van der Waals surface area contributed by atoms with Crippen LogP contribution in [0.25, 0.3) is 0 Å². The van der Waals surface area contributed by atoms with Crippen LogP contribution in [0.1, 0.15) is 12.7 Å². The predicted molar refractivity (Wildman–Crippen MR) is 86.4 cm³/mol. The molecule has 25 heavy (non-hydrogen) atoms. The standard InChI is InChI=1S/C9H13N5O2.C3H3N3O3/c1-5(2)7(15)16-4-3-6-12-8(10)14-9(11)13-6;7-1-4-2(8)6-3(9)5-1/h1,3-4H2,2H3,(H4,10,11,12,13,14);(H3,4,5,6,7,8,9). The summed E-state index contributed by atoms with van der Waals surface area (Å²) in [6.45, 7) is 5.17. The average Bonchev–Trinajstić information content (AvgIpc) is 2.45. The van der Waals surface area contributed by atoms with Crippen molar-refractivity contribution < 1.29 is 9.53 Å². The van der Waals surface area contributed by atoms with E-state index < -0.39 is 23.0 Å². The first kappa shape index (κ1) is 19.3. The Morgan fingerprint density at radius 2 is 1.44 bits per heavy atom. The highest BCUT2D eigenvalue weighted by atomic mass is 16.5. The molecule has 134 valence electrons. The quantitative estimate of drug-likeness (QED) is 0.286. The van der Waals surface area contributed by atoms with Crippen LogP contribution in [0.4, 0.5) is 11.9 Å². The Kier molecular flexibility index (Phi) is 6.75. The zero-order valence-corrected chi connectivity index (χ0v) is 13.2. The van der Waals surface area contributed by atoms with Crippen LogP contribution in [0.5, 0.6) is 0 Å². The Hall–Kier alpha value is -3.77. The van der Waals surface area contributed by atoms with Gasteiger partial charge in [0.1, 0.15) is 5.82 Å². The van der Waals surface area contributed by atoms with Gasteiger partial charge in [-0.3, -0.25) is 15.0 Å². The molecular formula is C12H16N8O5. The largest absolute Gasteiger partial charge is 0.462 e. The molecule has 2 aromatic rings. The second kappa shape index (κ2) is 8.76. The molecule has 0 fully saturated rings. The average molecular weight is 352 g/mol. The SMILES string of the molecule is C=C(C)C(=O)OCCc1nc(N)nc(N)n1.O=c1[nH]c(=O)[nH]c(=O)[nH]1. The molecule has 0 aliphatic rings. The monoisotopic (exact) mass is 352 g/mol. The number of esters is 1. The third-order valence-corrected chi connectivity index (χ3v) is 2.30. The van der Waals surface area contributed by atoms with Gasteiger partial charge in [0.15, 0.2) is 0 Å². The van der Waals surface area contributed by atoms with Gasteiger partial charge in [0.05, 0.1) is 6.61 Å². The van der Waals surface area contributed by atoms with E-state index in [0.29, 0.717) is 17.8 Å². The minimum Gasteiger partial charge on any atom is -0.462 e. The lowest BCUT2D eigenvalue weighted by Gasteiger charge is -2.04. The maximum atomic E-state index is 11.0. The number of nitrogens with zero attached hydrogens (tertiary/aromatic N) is 3. The zero-order valence-electron chi connectivity index (χ0n) is 13.2. The summed E-state index contributed by atoms with van der Waals surface area (Å²) in [4.78, 5) is 58.2. The fourth-order valence-electron chi connectivity index (χ4n) is 1.33. The number of nitrogens with two attached hydrogens (primary N) is 2. The molecular weight excluding hydrogens is 336 g/mol. The van der Waals surface area contributed by atoms with Gasteiger partial charge >= 0.3 is 23.0 Å². The van der Waals surface area contributed by atoms with Crippen molar-refractivity contribution >= 4 is 17.9 Å². The van der Waals surface area contributed by atoms with Crippen molar-refractivity contribution in [1.82, 2.24) is 29.9 Å². The number of ether oxygens (including phenoxy) is 1. The van der Waals surface area contributed by atoms with Gasteiger partial charge in [-0.15, -0.1) is 0 Å². The predicted octanol–water partition coefficient (Wildman–Crippen LogP) is -2.55. The highest BCUT2D eigenvalue weighted by Crippen LogP contribution is 2.00. The number of carbonyl (C=O) groups excluding carboxylic acids is 1. The molecule has 0 unspecified atom stereocenters. The summed E-state index contributed by atoms with van der Waals surface area (Å²) in [6, 6.07) is 0. The second-order valence-corrected chi connectivity index (χ2v) is 4.50. The Morgan fingerprint density at radius 1 is 1.00 bits per heavy atom. The third kappa shape index (κ3) is 7.36. The molecule has 0 radical (unpaired) electrons. The van der Waals surface area contributed by atoms with Crippen LogP contribution < -0.4 is 28.5 Å². The first-order valence-electron chi connectivity index (χ1n) is 6.69. The molecule has 0 bridgehead atoms. The number of aromatic amines is 3. The van der Waals surface area contributed by atoms with Crippen LogP contribution in [-0.4, -0.2) is 42.5 Å². The first-order valence-corrected chi connectivity index (χ1v) is 6.69. The van der Waals surface area contributed by atoms with Crippen LogP contribution in [0, 0.1) is 0 Å². The highest BCUT2D eigenvalue weighted by molar-refractivity contribution is 5.86. The van der Waals surface area contributed by atoms with Crippen LogP contribution in [0.2, 0.25) is 0 Å². The van der Waals surface area contributed by atoms with Crippen molar-refractivity contribution in [3.63, 3.8) is 0 Å². The van der Waals surface area contributed by atoms with Crippen molar-refractivity contribution in [2.24, 2.45) is 0 Å². The molecule has 0 aliphatic carbocycles. The Bertz CT molecular complexity index is 829. The summed E-state index contributed by atoms with van der Waals surface area (Å²) in [5, 5.41) is 0. The lowest BCUT2D eigenvalue weighted by atomic mass is 10.3. The molecule has 0 aliphatic heterocycles. The number of anilines is 2. The minimum absolute atomic E-state index is 0.0497. The van der Waals surface area contributed by atoms with Crippen molar-refractivity contribution in [2.75, 3.05) is 18.1 Å². The van der Waals surface area contributed by atoms with Crippen LogP contribution >= 0.6 is 0 Å². The lowest BCUT2D eigenvalue weighted by Crippen LogP contribution is -2.34. The lowest BCUT2D eigenvalue weighted by molar-refractivity contribution is -0.138. The summed E-state index contributed by atoms with van der Waals surface area (Å²) < 4.78 is 4.87. The van der Waals surface area contributed by atoms with Gasteiger partial charge in [0.2, 0.25) is 11.9 Å². The molecule has 0 aromatic carbocycles. The van der Waals surface area contributed by atoms with E-state index in [1.165, 1.54) is 0 Å². The van der Waals surface area contributed by atoms with E-state index in [4.69, 9.17) is 16.2 Å². The number of nitrogen functional groups attached to an aromatic ring is 2. The Labute approximate surface area is 139 Å². The second-order valence-electron chi connectivity index (χ2n) is 4.50. The summed E-state index contributed by atoms with van der Waals surface area (Å²) in [7, 11) is 0. The number of nitrogens with one attached hydrogen (secondary N) is 3. The Balaban J connectivity index is 0.000000293. The molecule has 0 amide bonds. The van der Waals surface area contributed by atoms with Crippen molar-refractivity contribution in [1.29, 1.82) is 0 Å². The molecule has 0 atom stereocenters. The Morgan fingerprint density at radius 3 is 1.84 bits per heavy atom. The molecule has 2 heterocycles. The number of carbonyl (C=O) groups is 1. The summed E-state index contributed by atoms with van der Waals surface area (Å²) in [6.07, 6.45) is 0.329. The third-order valence-electron chi connectivity index (χ3n) is 2.30. The number of aromatic nitrogens is 6. The normalized spacial score (nSPS) is 9.64. The number of hydrogen-bond donors (Lipinski definition) is 5. The summed E-state index contributed by atoms with van der Waals surface area (Å²) in [5.41, 5.74) is 8.69. The maximum absolute atomic E-state index is 11.0. The van der Waals surface area contributed by atoms with Crippen molar-refractivity contribution in [3.05, 3.63) is 49.4 Å². The molecule has 0 saturated carbocycles. The highest BCUT2D eigenvalue weighted by Gasteiger charge is 2.05. The fraction of sp³-hybridized carbons (Fsp3) is 0.250. The van der Waals surface area contributed by atoms with Gasteiger partial charge in [0.25, 0.3) is 0 Å². The van der Waals surface area contributed by atoms with Crippen molar-refractivity contribution in [3.8, 4) is 0 Å². The minimum atomic E-state index is -0.802.